The molecule has 0 aliphatic rings. The van der Waals surface area contributed by atoms with Crippen LogP contribution in [0.4, 0.5) is 11.6 Å². The van der Waals surface area contributed by atoms with Crippen molar-refractivity contribution in [3.63, 3.8) is 0 Å². The molecule has 4 rings (SSSR count). The monoisotopic (exact) mass is 463 g/mol. The fourth-order valence-corrected chi connectivity index (χ4v) is 5.25. The number of hydrogen-bond donors (Lipinski definition) is 2. The zero-order chi connectivity index (χ0) is 22.5. The van der Waals surface area contributed by atoms with Gasteiger partial charge in [-0.1, -0.05) is 36.4 Å². The fraction of sp³-hybridized carbons (Fsp3) is 0.125. The van der Waals surface area contributed by atoms with Crippen LogP contribution in [0.3, 0.4) is 0 Å². The summed E-state index contributed by atoms with van der Waals surface area (Å²) in [6, 6.07) is 18.4. The van der Waals surface area contributed by atoms with Gasteiger partial charge in [0.05, 0.1) is 27.0 Å². The molecule has 0 bridgehead atoms. The van der Waals surface area contributed by atoms with Gasteiger partial charge in [-0.15, -0.1) is 23.1 Å². The van der Waals surface area contributed by atoms with Crippen LogP contribution in [-0.2, 0) is 4.74 Å². The lowest BCUT2D eigenvalue weighted by atomic mass is 10.0. The lowest BCUT2D eigenvalue weighted by molar-refractivity contribution is 0.0524. The normalized spacial score (nSPS) is 10.7. The van der Waals surface area contributed by atoms with Crippen LogP contribution in [0.25, 0.3) is 21.7 Å². The average Bonchev–Trinajstić information content (AvgIpc) is 3.20. The predicted octanol–water partition coefficient (Wildman–Crippen LogP) is 6.22. The molecular formula is C24H21N3O3S2. The van der Waals surface area contributed by atoms with E-state index in [1.165, 1.54) is 23.1 Å². The van der Waals surface area contributed by atoms with Gasteiger partial charge in [-0.2, -0.15) is 0 Å². The van der Waals surface area contributed by atoms with Gasteiger partial charge in [-0.25, -0.2) is 14.8 Å². The molecule has 6 nitrogen and oxygen atoms in total. The Bertz CT molecular complexity index is 1240. The molecule has 2 aromatic heterocycles. The average molecular weight is 464 g/mol. The number of benzene rings is 2. The zero-order valence-corrected chi connectivity index (χ0v) is 19.2. The van der Waals surface area contributed by atoms with E-state index in [0.29, 0.717) is 29.5 Å². The first-order valence-corrected chi connectivity index (χ1v) is 12.0. The Morgan fingerprint density at radius 2 is 1.97 bits per heavy atom. The standard InChI is InChI=1S/C24H21N3O3S2/c1-3-30-22(29)20-19(15-8-5-4-6-9-15)21(32-23(20)31-2)18-12-13-25-24(27-18)26-16-10-7-11-17(28)14-16/h4-14,28H,3H2,1-2H3,(H,25,26,27). The van der Waals surface area contributed by atoms with Crippen molar-refractivity contribution in [3.05, 3.63) is 72.4 Å². The minimum absolute atomic E-state index is 0.152. The third-order valence-electron chi connectivity index (χ3n) is 4.59. The molecule has 0 saturated carbocycles. The molecule has 0 fully saturated rings. The highest BCUT2D eigenvalue weighted by atomic mass is 32.2. The maximum absolute atomic E-state index is 12.9. The molecule has 2 aromatic carbocycles. The third-order valence-corrected chi connectivity index (χ3v) is 6.93. The van der Waals surface area contributed by atoms with Crippen LogP contribution >= 0.6 is 23.1 Å². The number of ether oxygens (including phenoxy) is 1. The van der Waals surface area contributed by atoms with E-state index in [4.69, 9.17) is 9.72 Å². The van der Waals surface area contributed by atoms with Crippen molar-refractivity contribution < 1.29 is 14.6 Å². The summed E-state index contributed by atoms with van der Waals surface area (Å²) in [6.45, 7) is 2.10. The SMILES string of the molecule is CCOC(=O)c1c(SC)sc(-c2ccnc(Nc3cccc(O)c3)n2)c1-c1ccccc1. The molecule has 32 heavy (non-hydrogen) atoms. The first-order chi connectivity index (χ1) is 15.6. The van der Waals surface area contributed by atoms with E-state index in [0.717, 1.165) is 20.2 Å². The fourth-order valence-electron chi connectivity index (χ4n) is 3.26. The van der Waals surface area contributed by atoms with Crippen molar-refractivity contribution in [1.82, 2.24) is 9.97 Å². The maximum Gasteiger partial charge on any atom is 0.340 e. The highest BCUT2D eigenvalue weighted by Crippen LogP contribution is 2.46. The van der Waals surface area contributed by atoms with Gasteiger partial charge < -0.3 is 15.2 Å². The molecule has 0 aliphatic heterocycles. The number of aromatic nitrogens is 2. The highest BCUT2D eigenvalue weighted by molar-refractivity contribution is 8.00. The van der Waals surface area contributed by atoms with E-state index in [1.807, 2.05) is 48.7 Å². The summed E-state index contributed by atoms with van der Waals surface area (Å²) in [6.07, 6.45) is 3.62. The summed E-state index contributed by atoms with van der Waals surface area (Å²) in [5.41, 5.74) is 3.65. The van der Waals surface area contributed by atoms with Gasteiger partial charge in [-0.05, 0) is 36.9 Å². The van der Waals surface area contributed by atoms with Crippen molar-refractivity contribution in [2.45, 2.75) is 11.1 Å². The third kappa shape index (κ3) is 4.61. The van der Waals surface area contributed by atoms with E-state index in [9.17, 15) is 9.90 Å². The van der Waals surface area contributed by atoms with Gasteiger partial charge in [0, 0.05) is 23.5 Å². The number of anilines is 2. The van der Waals surface area contributed by atoms with Crippen LogP contribution in [0.5, 0.6) is 5.75 Å². The van der Waals surface area contributed by atoms with Crippen LogP contribution < -0.4 is 5.32 Å². The summed E-state index contributed by atoms with van der Waals surface area (Å²) in [5.74, 6) is 0.203. The Hall–Kier alpha value is -3.36. The summed E-state index contributed by atoms with van der Waals surface area (Å²) in [7, 11) is 0. The lowest BCUT2D eigenvalue weighted by Crippen LogP contribution is -2.06. The smallest absolute Gasteiger partial charge is 0.340 e. The number of aromatic hydroxyl groups is 1. The molecule has 0 atom stereocenters. The number of phenolic OH excluding ortho intramolecular Hbond substituents is 1. The number of phenols is 1. The Morgan fingerprint density at radius 1 is 1.16 bits per heavy atom. The van der Waals surface area contributed by atoms with Crippen LogP contribution in [0.15, 0.2) is 71.1 Å². The zero-order valence-electron chi connectivity index (χ0n) is 17.5. The van der Waals surface area contributed by atoms with Crippen molar-refractivity contribution in [2.75, 3.05) is 18.2 Å². The van der Waals surface area contributed by atoms with Gasteiger partial charge in [0.25, 0.3) is 0 Å². The van der Waals surface area contributed by atoms with Gasteiger partial charge in [0.15, 0.2) is 0 Å². The topological polar surface area (TPSA) is 84.3 Å². The number of thiophene rings is 1. The van der Waals surface area contributed by atoms with Crippen molar-refractivity contribution >= 4 is 40.7 Å². The van der Waals surface area contributed by atoms with Crippen LogP contribution in [-0.4, -0.2) is 33.9 Å². The molecule has 0 saturated heterocycles. The predicted molar refractivity (Wildman–Crippen MR) is 130 cm³/mol. The number of esters is 1. The van der Waals surface area contributed by atoms with Crippen LogP contribution in [0.1, 0.15) is 17.3 Å². The van der Waals surface area contributed by atoms with Crippen molar-refractivity contribution in [1.29, 1.82) is 0 Å². The quantitative estimate of drug-likeness (QED) is 0.249. The van der Waals surface area contributed by atoms with Gasteiger partial charge in [0.2, 0.25) is 5.95 Å². The number of nitrogens with zero attached hydrogens (tertiary/aromatic N) is 2. The molecule has 4 aromatic rings. The summed E-state index contributed by atoms with van der Waals surface area (Å²) in [4.78, 5) is 22.8. The number of rotatable bonds is 7. The molecule has 0 spiro atoms. The van der Waals surface area contributed by atoms with E-state index in [2.05, 4.69) is 10.3 Å². The lowest BCUT2D eigenvalue weighted by Gasteiger charge is -2.10. The summed E-state index contributed by atoms with van der Waals surface area (Å²) in [5, 5.41) is 12.8. The maximum atomic E-state index is 12.9. The Balaban J connectivity index is 1.84. The van der Waals surface area contributed by atoms with Crippen molar-refractivity contribution in [2.24, 2.45) is 0 Å². The molecule has 2 heterocycles. The Labute approximate surface area is 194 Å². The first-order valence-electron chi connectivity index (χ1n) is 9.93. The summed E-state index contributed by atoms with van der Waals surface area (Å²) < 4.78 is 6.25. The molecule has 2 N–H and O–H groups in total. The minimum Gasteiger partial charge on any atom is -0.508 e. The molecule has 0 aliphatic carbocycles. The van der Waals surface area contributed by atoms with Gasteiger partial charge in [0.1, 0.15) is 5.75 Å². The number of thioether (sulfide) groups is 1. The van der Waals surface area contributed by atoms with E-state index in [-0.39, 0.29) is 11.7 Å². The van der Waals surface area contributed by atoms with E-state index in [1.54, 1.807) is 31.3 Å². The minimum atomic E-state index is -0.342. The highest BCUT2D eigenvalue weighted by Gasteiger charge is 2.27. The van der Waals surface area contributed by atoms with Crippen LogP contribution in [0.2, 0.25) is 0 Å². The Morgan fingerprint density at radius 3 is 2.69 bits per heavy atom. The Kier molecular flexibility index (Phi) is 6.72. The molecule has 0 unspecified atom stereocenters. The first kappa shape index (κ1) is 21.9. The van der Waals surface area contributed by atoms with E-state index < -0.39 is 0 Å². The number of carbonyl (C=O) groups is 1. The number of carbonyl (C=O) groups excluding carboxylic acids is 1. The second-order valence-electron chi connectivity index (χ2n) is 6.70. The largest absolute Gasteiger partial charge is 0.508 e. The number of hydrogen-bond acceptors (Lipinski definition) is 8. The van der Waals surface area contributed by atoms with Gasteiger partial charge in [-0.3, -0.25) is 0 Å². The molecule has 8 heteroatoms. The second-order valence-corrected chi connectivity index (χ2v) is 8.80. The molecule has 0 amide bonds. The van der Waals surface area contributed by atoms with Crippen molar-refractivity contribution in [3.8, 4) is 27.4 Å². The number of nitrogens with one attached hydrogen (secondary N) is 1. The van der Waals surface area contributed by atoms with Gasteiger partial charge >= 0.3 is 5.97 Å². The molecule has 0 radical (unpaired) electrons. The molecular weight excluding hydrogens is 442 g/mol. The molecule has 162 valence electrons. The summed E-state index contributed by atoms with van der Waals surface area (Å²) >= 11 is 3.02. The van der Waals surface area contributed by atoms with E-state index >= 15 is 0 Å². The second kappa shape index (κ2) is 9.84. The van der Waals surface area contributed by atoms with Crippen LogP contribution in [0, 0.1) is 0 Å².